The van der Waals surface area contributed by atoms with Crippen LogP contribution in [0, 0.1) is 12.8 Å². The van der Waals surface area contributed by atoms with E-state index in [0.717, 1.165) is 18.8 Å². The van der Waals surface area contributed by atoms with E-state index in [9.17, 15) is 9.59 Å². The minimum Gasteiger partial charge on any atom is -0.368 e. The summed E-state index contributed by atoms with van der Waals surface area (Å²) in [7, 11) is 0. The zero-order chi connectivity index (χ0) is 19.8. The molecule has 0 bridgehead atoms. The van der Waals surface area contributed by atoms with E-state index in [1.807, 2.05) is 17.0 Å². The molecule has 0 N–H and O–H groups in total. The lowest BCUT2D eigenvalue weighted by molar-refractivity contribution is -0.135. The third-order valence-electron chi connectivity index (χ3n) is 5.21. The lowest BCUT2D eigenvalue weighted by Gasteiger charge is -2.38. The lowest BCUT2D eigenvalue weighted by atomic mass is 10.1. The summed E-state index contributed by atoms with van der Waals surface area (Å²) in [6, 6.07) is 5.60. The van der Waals surface area contributed by atoms with Gasteiger partial charge in [-0.05, 0) is 25.1 Å². The van der Waals surface area contributed by atoms with Crippen LogP contribution in [0.5, 0.6) is 0 Å². The second kappa shape index (κ2) is 7.97. The fourth-order valence-electron chi connectivity index (χ4n) is 3.58. The lowest BCUT2D eigenvalue weighted by Crippen LogP contribution is -2.52. The molecule has 1 aromatic heterocycles. The van der Waals surface area contributed by atoms with Gasteiger partial charge in [-0.25, -0.2) is 4.98 Å². The first-order valence-electron chi connectivity index (χ1n) is 9.12. The van der Waals surface area contributed by atoms with Crippen LogP contribution >= 0.6 is 35.0 Å². The molecule has 148 valence electrons. The Morgan fingerprint density at radius 2 is 1.93 bits per heavy atom. The molecule has 2 aliphatic heterocycles. The molecule has 1 aromatic carbocycles. The van der Waals surface area contributed by atoms with Crippen molar-refractivity contribution in [2.75, 3.05) is 36.8 Å². The number of carbonyl (C=O) groups is 1. The Hall–Kier alpha value is -1.70. The maximum absolute atomic E-state index is 13.0. The van der Waals surface area contributed by atoms with Crippen molar-refractivity contribution in [3.05, 3.63) is 50.4 Å². The Morgan fingerprint density at radius 1 is 1.18 bits per heavy atom. The maximum atomic E-state index is 13.0. The molecule has 1 saturated heterocycles. The highest BCUT2D eigenvalue weighted by Gasteiger charge is 2.32. The minimum absolute atomic E-state index is 0.0561. The number of amides is 1. The first kappa shape index (κ1) is 19.6. The largest absolute Gasteiger partial charge is 0.368 e. The number of rotatable bonds is 2. The van der Waals surface area contributed by atoms with E-state index < -0.39 is 0 Å². The van der Waals surface area contributed by atoms with E-state index in [-0.39, 0.29) is 17.4 Å². The number of aromatic nitrogens is 2. The topological polar surface area (TPSA) is 58.4 Å². The van der Waals surface area contributed by atoms with Gasteiger partial charge in [0.15, 0.2) is 5.16 Å². The van der Waals surface area contributed by atoms with Crippen LogP contribution in [-0.4, -0.2) is 52.3 Å². The molecule has 28 heavy (non-hydrogen) atoms. The summed E-state index contributed by atoms with van der Waals surface area (Å²) < 4.78 is 1.64. The van der Waals surface area contributed by atoms with Crippen molar-refractivity contribution in [1.82, 2.24) is 14.5 Å². The van der Waals surface area contributed by atoms with Gasteiger partial charge in [-0.1, -0.05) is 35.0 Å². The van der Waals surface area contributed by atoms with Crippen molar-refractivity contribution >= 4 is 46.6 Å². The summed E-state index contributed by atoms with van der Waals surface area (Å²) >= 11 is 13.6. The van der Waals surface area contributed by atoms with Crippen molar-refractivity contribution in [1.29, 1.82) is 0 Å². The van der Waals surface area contributed by atoms with Crippen molar-refractivity contribution < 1.29 is 4.79 Å². The summed E-state index contributed by atoms with van der Waals surface area (Å²) in [5.41, 5.74) is 1.56. The van der Waals surface area contributed by atoms with Crippen LogP contribution in [0.3, 0.4) is 0 Å². The average Bonchev–Trinajstić information content (AvgIpc) is 2.72. The normalized spacial score (nSPS) is 19.5. The molecule has 6 nitrogen and oxygen atoms in total. The first-order valence-corrected chi connectivity index (χ1v) is 10.9. The van der Waals surface area contributed by atoms with E-state index in [0.29, 0.717) is 46.2 Å². The number of nitrogens with zero attached hydrogens (tertiary/aromatic N) is 4. The summed E-state index contributed by atoms with van der Waals surface area (Å²) in [5.74, 6) is 0.567. The summed E-state index contributed by atoms with van der Waals surface area (Å²) in [5, 5.41) is 1.77. The van der Waals surface area contributed by atoms with Crippen LogP contribution in [0.4, 0.5) is 5.69 Å². The molecular formula is C19H20Cl2N4O2S. The van der Waals surface area contributed by atoms with E-state index >= 15 is 0 Å². The van der Waals surface area contributed by atoms with Crippen LogP contribution in [0.1, 0.15) is 5.56 Å². The molecule has 0 aliphatic carbocycles. The van der Waals surface area contributed by atoms with Gasteiger partial charge in [0.05, 0.1) is 16.0 Å². The Morgan fingerprint density at radius 3 is 2.64 bits per heavy atom. The fourth-order valence-corrected chi connectivity index (χ4v) is 4.91. The molecular weight excluding hydrogens is 419 g/mol. The number of fused-ring (bicyclic) bond motifs is 1. The van der Waals surface area contributed by atoms with E-state index in [1.165, 1.54) is 11.8 Å². The average molecular weight is 439 g/mol. The van der Waals surface area contributed by atoms with Crippen LogP contribution in [-0.2, 0) is 11.3 Å². The van der Waals surface area contributed by atoms with Gasteiger partial charge < -0.3 is 9.80 Å². The fraction of sp³-hybridized carbons (Fsp3) is 0.421. The number of anilines is 1. The molecule has 1 amide bonds. The SMILES string of the molecule is Cc1cnc2n(c1=O)CC(C(=O)N1CCN(c3ccc(Cl)c(Cl)c3)CC1)CS2. The maximum Gasteiger partial charge on any atom is 0.257 e. The summed E-state index contributed by atoms with van der Waals surface area (Å²) in [6.07, 6.45) is 1.60. The number of hydrogen-bond acceptors (Lipinski definition) is 5. The molecule has 0 spiro atoms. The molecule has 1 atom stereocenters. The van der Waals surface area contributed by atoms with Crippen LogP contribution in [0.25, 0.3) is 0 Å². The Kier molecular flexibility index (Phi) is 5.58. The molecule has 9 heteroatoms. The van der Waals surface area contributed by atoms with Gasteiger partial charge >= 0.3 is 0 Å². The van der Waals surface area contributed by atoms with Crippen molar-refractivity contribution in [3.63, 3.8) is 0 Å². The standard InChI is InChI=1S/C19H20Cl2N4O2S/c1-12-9-22-19-25(17(12)26)10-13(11-28-19)18(27)24-6-4-23(5-7-24)14-2-3-15(20)16(21)8-14/h2-3,8-9,13H,4-7,10-11H2,1H3. The number of carbonyl (C=O) groups excluding carboxylic acids is 1. The predicted molar refractivity (Wildman–Crippen MR) is 113 cm³/mol. The number of aryl methyl sites for hydroxylation is 1. The number of thioether (sulfide) groups is 1. The van der Waals surface area contributed by atoms with E-state index in [4.69, 9.17) is 23.2 Å². The zero-order valence-electron chi connectivity index (χ0n) is 15.4. The molecule has 0 radical (unpaired) electrons. The molecule has 3 heterocycles. The van der Waals surface area contributed by atoms with Gasteiger partial charge in [-0.15, -0.1) is 0 Å². The zero-order valence-corrected chi connectivity index (χ0v) is 17.7. The molecule has 2 aromatic rings. The smallest absolute Gasteiger partial charge is 0.257 e. The highest BCUT2D eigenvalue weighted by molar-refractivity contribution is 7.99. The first-order chi connectivity index (χ1) is 13.4. The second-order valence-corrected chi connectivity index (χ2v) is 8.86. The van der Waals surface area contributed by atoms with Gasteiger partial charge in [-0.2, -0.15) is 0 Å². The molecule has 4 rings (SSSR count). The van der Waals surface area contributed by atoms with Crippen LogP contribution < -0.4 is 10.5 Å². The predicted octanol–water partition coefficient (Wildman–Crippen LogP) is 2.93. The van der Waals surface area contributed by atoms with Crippen molar-refractivity contribution in [2.45, 2.75) is 18.6 Å². The van der Waals surface area contributed by atoms with Gasteiger partial charge in [0.1, 0.15) is 0 Å². The van der Waals surface area contributed by atoms with E-state index in [1.54, 1.807) is 23.8 Å². The molecule has 1 unspecified atom stereocenters. The monoisotopic (exact) mass is 438 g/mol. The third-order valence-corrected chi connectivity index (χ3v) is 7.10. The van der Waals surface area contributed by atoms with Crippen molar-refractivity contribution in [2.24, 2.45) is 5.92 Å². The quantitative estimate of drug-likeness (QED) is 0.674. The van der Waals surface area contributed by atoms with Gasteiger partial charge in [0.2, 0.25) is 5.91 Å². The highest BCUT2D eigenvalue weighted by atomic mass is 35.5. The Labute approximate surface area is 177 Å². The molecule has 2 aliphatic rings. The van der Waals surface area contributed by atoms with Crippen molar-refractivity contribution in [3.8, 4) is 0 Å². The van der Waals surface area contributed by atoms with E-state index in [2.05, 4.69) is 9.88 Å². The number of benzene rings is 1. The van der Waals surface area contributed by atoms with Gasteiger partial charge in [0.25, 0.3) is 5.56 Å². The van der Waals surface area contributed by atoms with Crippen LogP contribution in [0.2, 0.25) is 10.0 Å². The summed E-state index contributed by atoms with van der Waals surface area (Å²) in [6.45, 7) is 4.92. The second-order valence-electron chi connectivity index (χ2n) is 7.06. The Bertz CT molecular complexity index is 973. The molecule has 1 fully saturated rings. The van der Waals surface area contributed by atoms with Crippen LogP contribution in [0.15, 0.2) is 34.3 Å². The van der Waals surface area contributed by atoms with Gasteiger partial charge in [0, 0.05) is 55.9 Å². The van der Waals surface area contributed by atoms with Gasteiger partial charge in [-0.3, -0.25) is 14.2 Å². The minimum atomic E-state index is -0.199. The number of hydrogen-bond donors (Lipinski definition) is 0. The highest BCUT2D eigenvalue weighted by Crippen LogP contribution is 2.29. The Balaban J connectivity index is 1.41. The molecule has 0 saturated carbocycles. The third kappa shape index (κ3) is 3.75. The summed E-state index contributed by atoms with van der Waals surface area (Å²) in [4.78, 5) is 33.8. The number of piperazine rings is 1. The number of halogens is 2.